The average Bonchev–Trinajstić information content (AvgIpc) is 2.85. The lowest BCUT2D eigenvalue weighted by molar-refractivity contribution is 0.622. The first-order valence-electron chi connectivity index (χ1n) is 6.20. The minimum Gasteiger partial charge on any atom is -0.398 e. The van der Waals surface area contributed by atoms with Gasteiger partial charge in [-0.05, 0) is 40.9 Å². The van der Waals surface area contributed by atoms with Crippen molar-refractivity contribution in [3.05, 3.63) is 34.2 Å². The van der Waals surface area contributed by atoms with Gasteiger partial charge in [-0.1, -0.05) is 12.8 Å². The molecule has 1 heterocycles. The van der Waals surface area contributed by atoms with Crippen molar-refractivity contribution in [2.45, 2.75) is 31.6 Å². The Morgan fingerprint density at radius 3 is 2.67 bits per heavy atom. The van der Waals surface area contributed by atoms with Crippen molar-refractivity contribution in [2.75, 3.05) is 5.73 Å². The fraction of sp³-hybridized carbons (Fsp3) is 0.357. The van der Waals surface area contributed by atoms with Crippen LogP contribution >= 0.6 is 15.9 Å². The van der Waals surface area contributed by atoms with Crippen LogP contribution in [0.2, 0.25) is 0 Å². The number of pyridine rings is 1. The Bertz CT molecular complexity index is 606. The maximum atomic E-state index is 13.6. The highest BCUT2D eigenvalue weighted by atomic mass is 79.9. The Kier molecular flexibility index (Phi) is 2.98. The number of fused-ring (bicyclic) bond motifs is 1. The molecule has 0 saturated heterocycles. The van der Waals surface area contributed by atoms with Crippen LogP contribution in [0, 0.1) is 5.82 Å². The van der Waals surface area contributed by atoms with Gasteiger partial charge in [-0.25, -0.2) is 4.39 Å². The number of rotatable bonds is 1. The van der Waals surface area contributed by atoms with Gasteiger partial charge in [0.1, 0.15) is 5.82 Å². The van der Waals surface area contributed by atoms with E-state index in [0.29, 0.717) is 21.6 Å². The third-order valence-electron chi connectivity index (χ3n) is 3.68. The van der Waals surface area contributed by atoms with Gasteiger partial charge in [0.15, 0.2) is 0 Å². The van der Waals surface area contributed by atoms with E-state index < -0.39 is 0 Å². The summed E-state index contributed by atoms with van der Waals surface area (Å²) in [5, 5.41) is 0.810. The zero-order chi connectivity index (χ0) is 12.7. The summed E-state index contributed by atoms with van der Waals surface area (Å²) in [6.07, 6.45) is 4.83. The van der Waals surface area contributed by atoms with Crippen molar-refractivity contribution < 1.29 is 4.39 Å². The van der Waals surface area contributed by atoms with Crippen molar-refractivity contribution in [1.29, 1.82) is 0 Å². The second-order valence-corrected chi connectivity index (χ2v) is 5.76. The minimum absolute atomic E-state index is 0.294. The summed E-state index contributed by atoms with van der Waals surface area (Å²) in [6, 6.07) is 5.10. The van der Waals surface area contributed by atoms with E-state index in [1.807, 2.05) is 6.07 Å². The summed E-state index contributed by atoms with van der Waals surface area (Å²) < 4.78 is 14.0. The van der Waals surface area contributed by atoms with Crippen LogP contribution in [0.4, 0.5) is 10.1 Å². The summed E-state index contributed by atoms with van der Waals surface area (Å²) in [7, 11) is 0. The van der Waals surface area contributed by atoms with Gasteiger partial charge in [-0.2, -0.15) is 0 Å². The summed E-state index contributed by atoms with van der Waals surface area (Å²) in [6.45, 7) is 0. The predicted octanol–water partition coefficient (Wildman–Crippen LogP) is 4.38. The Labute approximate surface area is 114 Å². The molecule has 1 saturated carbocycles. The Balaban J connectivity index is 2.16. The number of nitrogens with zero attached hydrogens (tertiary/aromatic N) is 1. The van der Waals surface area contributed by atoms with Crippen LogP contribution in [0.25, 0.3) is 10.9 Å². The molecule has 1 aromatic carbocycles. The third-order valence-corrected chi connectivity index (χ3v) is 4.28. The number of nitrogen functional groups attached to an aromatic ring is 1. The molecule has 0 bridgehead atoms. The van der Waals surface area contributed by atoms with Gasteiger partial charge in [-0.3, -0.25) is 4.98 Å². The molecule has 1 aromatic heterocycles. The normalized spacial score (nSPS) is 16.6. The van der Waals surface area contributed by atoms with E-state index in [1.54, 1.807) is 6.07 Å². The van der Waals surface area contributed by atoms with Crippen LogP contribution in [0.3, 0.4) is 0 Å². The van der Waals surface area contributed by atoms with Gasteiger partial charge >= 0.3 is 0 Å². The fourth-order valence-electron chi connectivity index (χ4n) is 2.70. The maximum absolute atomic E-state index is 13.6. The van der Waals surface area contributed by atoms with Crippen LogP contribution in [0.1, 0.15) is 37.3 Å². The molecule has 2 N–H and O–H groups in total. The van der Waals surface area contributed by atoms with Crippen LogP contribution < -0.4 is 5.73 Å². The van der Waals surface area contributed by atoms with Crippen LogP contribution in [0.15, 0.2) is 22.7 Å². The molecule has 0 amide bonds. The second kappa shape index (κ2) is 4.50. The standard InChI is InChI=1S/C14H14BrFN2/c15-10-5-9-12(17)7-13(8-3-1-2-4-8)18-14(9)6-11(10)16/h5-8H,1-4H2,(H2,17,18). The van der Waals surface area contributed by atoms with Crippen LogP contribution in [-0.4, -0.2) is 4.98 Å². The van der Waals surface area contributed by atoms with Crippen molar-refractivity contribution in [3.8, 4) is 0 Å². The predicted molar refractivity (Wildman–Crippen MR) is 75.0 cm³/mol. The summed E-state index contributed by atoms with van der Waals surface area (Å²) >= 11 is 3.18. The molecule has 0 spiro atoms. The van der Waals surface area contributed by atoms with Gasteiger partial charge in [0, 0.05) is 28.8 Å². The molecule has 0 atom stereocenters. The highest BCUT2D eigenvalue weighted by Crippen LogP contribution is 2.36. The molecule has 1 aliphatic rings. The lowest BCUT2D eigenvalue weighted by atomic mass is 10.0. The van der Waals surface area contributed by atoms with E-state index >= 15 is 0 Å². The summed E-state index contributed by atoms with van der Waals surface area (Å²) in [4.78, 5) is 4.58. The van der Waals surface area contributed by atoms with Gasteiger partial charge in [-0.15, -0.1) is 0 Å². The van der Waals surface area contributed by atoms with E-state index in [1.165, 1.54) is 18.9 Å². The molecule has 0 unspecified atom stereocenters. The van der Waals surface area contributed by atoms with Gasteiger partial charge in [0.2, 0.25) is 0 Å². The quantitative estimate of drug-likeness (QED) is 0.849. The first kappa shape index (κ1) is 11.9. The topological polar surface area (TPSA) is 38.9 Å². The first-order valence-corrected chi connectivity index (χ1v) is 6.99. The van der Waals surface area contributed by atoms with E-state index in [-0.39, 0.29) is 5.82 Å². The number of hydrogen-bond acceptors (Lipinski definition) is 2. The molecule has 1 fully saturated rings. The summed E-state index contributed by atoms with van der Waals surface area (Å²) in [5.41, 5.74) is 8.41. The molecule has 3 rings (SSSR count). The van der Waals surface area contributed by atoms with Gasteiger partial charge in [0.05, 0.1) is 9.99 Å². The molecule has 0 aliphatic heterocycles. The Morgan fingerprint density at radius 1 is 1.22 bits per heavy atom. The Hall–Kier alpha value is -1.16. The minimum atomic E-state index is -0.294. The lowest BCUT2D eigenvalue weighted by Crippen LogP contribution is -2.00. The molecular weight excluding hydrogens is 295 g/mol. The highest BCUT2D eigenvalue weighted by Gasteiger charge is 2.19. The Morgan fingerprint density at radius 2 is 1.94 bits per heavy atom. The summed E-state index contributed by atoms with van der Waals surface area (Å²) in [5.74, 6) is 0.196. The molecule has 2 aromatic rings. The SMILES string of the molecule is Nc1cc(C2CCCC2)nc2cc(F)c(Br)cc12. The van der Waals surface area contributed by atoms with Gasteiger partial charge in [0.25, 0.3) is 0 Å². The van der Waals surface area contributed by atoms with Crippen molar-refractivity contribution >= 4 is 32.5 Å². The average molecular weight is 309 g/mol. The van der Waals surface area contributed by atoms with Crippen LogP contribution in [0.5, 0.6) is 0 Å². The van der Waals surface area contributed by atoms with E-state index in [0.717, 1.165) is 23.9 Å². The van der Waals surface area contributed by atoms with Crippen molar-refractivity contribution in [3.63, 3.8) is 0 Å². The maximum Gasteiger partial charge on any atom is 0.139 e. The first-order chi connectivity index (χ1) is 8.65. The van der Waals surface area contributed by atoms with E-state index in [9.17, 15) is 4.39 Å². The fourth-order valence-corrected chi connectivity index (χ4v) is 3.04. The zero-order valence-electron chi connectivity index (χ0n) is 9.92. The number of halogens is 2. The smallest absolute Gasteiger partial charge is 0.139 e. The number of aromatic nitrogens is 1. The third kappa shape index (κ3) is 1.99. The van der Waals surface area contributed by atoms with E-state index in [4.69, 9.17) is 5.73 Å². The monoisotopic (exact) mass is 308 g/mol. The molecular formula is C14H14BrFN2. The molecule has 2 nitrogen and oxygen atoms in total. The number of anilines is 1. The van der Waals surface area contributed by atoms with Crippen LogP contribution in [-0.2, 0) is 0 Å². The highest BCUT2D eigenvalue weighted by molar-refractivity contribution is 9.10. The van der Waals surface area contributed by atoms with Gasteiger partial charge < -0.3 is 5.73 Å². The largest absolute Gasteiger partial charge is 0.398 e. The molecule has 18 heavy (non-hydrogen) atoms. The zero-order valence-corrected chi connectivity index (χ0v) is 11.5. The van der Waals surface area contributed by atoms with E-state index in [2.05, 4.69) is 20.9 Å². The number of nitrogens with two attached hydrogens (primary N) is 1. The van der Waals surface area contributed by atoms with Crippen molar-refractivity contribution in [2.24, 2.45) is 0 Å². The number of benzene rings is 1. The number of hydrogen-bond donors (Lipinski definition) is 1. The molecule has 1 aliphatic carbocycles. The lowest BCUT2D eigenvalue weighted by Gasteiger charge is -2.12. The molecule has 0 radical (unpaired) electrons. The van der Waals surface area contributed by atoms with Crippen molar-refractivity contribution in [1.82, 2.24) is 4.98 Å². The second-order valence-electron chi connectivity index (χ2n) is 4.90. The molecule has 4 heteroatoms. The molecule has 94 valence electrons.